The molecule has 3 heterocycles. The van der Waals surface area contributed by atoms with Crippen LogP contribution in [-0.2, 0) is 0 Å². The third-order valence-corrected chi connectivity index (χ3v) is 14.4. The molecule has 0 saturated carbocycles. The van der Waals surface area contributed by atoms with Crippen LogP contribution in [0.15, 0.2) is 231 Å². The molecule has 8 nitrogen and oxygen atoms in total. The summed E-state index contributed by atoms with van der Waals surface area (Å²) >= 11 is 0. The number of nitrogens with one attached hydrogen (secondary N) is 1. The maximum atomic E-state index is 11.8. The number of phenolic OH excluding ortho intramolecular Hbond substituents is 2. The lowest BCUT2D eigenvalue weighted by atomic mass is 10.0. The van der Waals surface area contributed by atoms with Crippen molar-refractivity contribution in [1.29, 1.82) is 0 Å². The van der Waals surface area contributed by atoms with Gasteiger partial charge < -0.3 is 39.4 Å². The lowest BCUT2D eigenvalue weighted by Gasteiger charge is -2.33. The van der Waals surface area contributed by atoms with Crippen LogP contribution in [0.5, 0.6) is 11.5 Å². The molecule has 0 fully saturated rings. The first-order chi connectivity index (χ1) is 35.5. The number of para-hydroxylation sites is 9. The highest BCUT2D eigenvalue weighted by molar-refractivity contribution is 6.11. The molecule has 0 bridgehead atoms. The highest BCUT2D eigenvalue weighted by Gasteiger charge is 2.30. The van der Waals surface area contributed by atoms with E-state index in [1.54, 1.807) is 6.07 Å². The van der Waals surface area contributed by atoms with E-state index in [0.717, 1.165) is 84.0 Å². The maximum Gasteiger partial charge on any atom is 0.139 e. The lowest BCUT2D eigenvalue weighted by Crippen LogP contribution is -2.42. The van der Waals surface area contributed by atoms with Crippen LogP contribution in [0.25, 0.3) is 77.2 Å². The molecule has 72 heavy (non-hydrogen) atoms. The van der Waals surface area contributed by atoms with Gasteiger partial charge in [-0.25, -0.2) is 0 Å². The SMILES string of the molecule is Cc1ccccc1N(CNc1cc(-c2ccccc2-n2c3ccccc3c3ccccc32)ccc1O)CN1CN(c2cc(-c3ccccc3-n3c4ccccc4c4ccccc43)ccc2O)c2ccccc21. The van der Waals surface area contributed by atoms with Gasteiger partial charge in [0.2, 0.25) is 0 Å². The first-order valence-electron chi connectivity index (χ1n) is 24.5. The van der Waals surface area contributed by atoms with Gasteiger partial charge in [0, 0.05) is 38.4 Å². The summed E-state index contributed by atoms with van der Waals surface area (Å²) in [6.07, 6.45) is 0. The molecule has 348 valence electrons. The van der Waals surface area contributed by atoms with Gasteiger partial charge in [0.15, 0.2) is 0 Å². The number of anilines is 5. The number of aryl methyl sites for hydroxylation is 1. The van der Waals surface area contributed by atoms with Crippen LogP contribution in [0.4, 0.5) is 28.4 Å². The Labute approximate surface area is 417 Å². The van der Waals surface area contributed by atoms with Gasteiger partial charge in [-0.3, -0.25) is 0 Å². The average molecular weight is 935 g/mol. The fourth-order valence-corrected chi connectivity index (χ4v) is 11.1. The van der Waals surface area contributed by atoms with Crippen molar-refractivity contribution in [1.82, 2.24) is 9.13 Å². The summed E-state index contributed by atoms with van der Waals surface area (Å²) in [6, 6.07) is 80.0. The van der Waals surface area contributed by atoms with Gasteiger partial charge in [-0.05, 0) is 102 Å². The van der Waals surface area contributed by atoms with E-state index in [1.807, 2.05) is 18.2 Å². The van der Waals surface area contributed by atoms with E-state index in [9.17, 15) is 10.2 Å². The Morgan fingerprint density at radius 1 is 0.431 bits per heavy atom. The molecule has 0 atom stereocenters. The number of rotatable bonds is 11. The number of hydrogen-bond acceptors (Lipinski definition) is 6. The Bertz CT molecular complexity index is 3930. The monoisotopic (exact) mass is 934 g/mol. The second-order valence-electron chi connectivity index (χ2n) is 18.6. The number of aromatic nitrogens is 2. The Kier molecular flexibility index (Phi) is 10.4. The van der Waals surface area contributed by atoms with E-state index in [-0.39, 0.29) is 11.5 Å². The van der Waals surface area contributed by atoms with Gasteiger partial charge in [-0.15, -0.1) is 0 Å². The lowest BCUT2D eigenvalue weighted by molar-refractivity contribution is 0.475. The van der Waals surface area contributed by atoms with Crippen LogP contribution in [-0.4, -0.2) is 39.4 Å². The van der Waals surface area contributed by atoms with Crippen molar-refractivity contribution < 1.29 is 10.2 Å². The summed E-state index contributed by atoms with van der Waals surface area (Å²) in [7, 11) is 0. The quantitative estimate of drug-likeness (QED) is 0.0887. The Morgan fingerprint density at radius 2 is 0.875 bits per heavy atom. The molecule has 0 saturated heterocycles. The normalized spacial score (nSPS) is 12.3. The number of nitrogens with zero attached hydrogens (tertiary/aromatic N) is 5. The van der Waals surface area contributed by atoms with Crippen LogP contribution in [0, 0.1) is 6.92 Å². The molecular weight excluding hydrogens is 885 g/mol. The number of aromatic hydroxyl groups is 2. The fraction of sp³-hybridized carbons (Fsp3) is 0.0625. The molecule has 0 radical (unpaired) electrons. The minimum absolute atomic E-state index is 0.172. The number of benzene rings is 10. The fourth-order valence-electron chi connectivity index (χ4n) is 11.1. The largest absolute Gasteiger partial charge is 0.506 e. The van der Waals surface area contributed by atoms with Crippen molar-refractivity contribution in [3.8, 4) is 45.1 Å². The van der Waals surface area contributed by atoms with Crippen LogP contribution in [0.1, 0.15) is 5.56 Å². The molecule has 0 unspecified atom stereocenters. The Balaban J connectivity index is 0.828. The second-order valence-corrected chi connectivity index (χ2v) is 18.6. The molecule has 10 aromatic carbocycles. The van der Waals surface area contributed by atoms with Crippen molar-refractivity contribution in [2.24, 2.45) is 0 Å². The number of phenols is 2. The zero-order chi connectivity index (χ0) is 48.3. The predicted octanol–water partition coefficient (Wildman–Crippen LogP) is 15.4. The van der Waals surface area contributed by atoms with E-state index in [2.05, 4.69) is 242 Å². The van der Waals surface area contributed by atoms with Crippen LogP contribution >= 0.6 is 0 Å². The third-order valence-electron chi connectivity index (χ3n) is 14.4. The van der Waals surface area contributed by atoms with E-state index < -0.39 is 0 Å². The van der Waals surface area contributed by atoms with Crippen molar-refractivity contribution >= 4 is 72.0 Å². The topological polar surface area (TPSA) is 72.1 Å². The average Bonchev–Trinajstić information content (AvgIpc) is 4.08. The second kappa shape index (κ2) is 17.5. The Hall–Kier alpha value is -9.40. The van der Waals surface area contributed by atoms with E-state index in [0.29, 0.717) is 25.7 Å². The van der Waals surface area contributed by atoms with Gasteiger partial charge in [-0.1, -0.05) is 152 Å². The minimum atomic E-state index is 0.172. The van der Waals surface area contributed by atoms with Gasteiger partial charge in [0.1, 0.15) is 11.5 Å². The zero-order valence-corrected chi connectivity index (χ0v) is 39.7. The molecule has 2 aromatic heterocycles. The molecule has 0 spiro atoms. The molecule has 8 heteroatoms. The van der Waals surface area contributed by atoms with Crippen LogP contribution < -0.4 is 20.0 Å². The molecule has 1 aliphatic rings. The summed E-state index contributed by atoms with van der Waals surface area (Å²) < 4.78 is 4.70. The van der Waals surface area contributed by atoms with Crippen LogP contribution in [0.2, 0.25) is 0 Å². The van der Waals surface area contributed by atoms with Gasteiger partial charge in [0.05, 0.1) is 76.2 Å². The van der Waals surface area contributed by atoms with E-state index in [1.165, 1.54) is 21.5 Å². The smallest absolute Gasteiger partial charge is 0.139 e. The molecule has 0 aliphatic carbocycles. The molecule has 1 aliphatic heterocycles. The van der Waals surface area contributed by atoms with Crippen molar-refractivity contribution in [2.75, 3.05) is 40.0 Å². The standard InChI is InChI=1S/C64H50N6O2/c1-43-18-2-9-25-53(43)66(40-65-52-38-44(34-36-63(52)71)46-19-3-10-26-54(46)69-56-28-12-5-21-48(56)49-22-6-13-29-57(49)69)41-67-42-68(61-33-17-16-32-60(61)67)62-39-45(35-37-64(62)72)47-20-4-11-27-55(47)70-58-30-14-7-23-50(58)51-24-8-15-31-59(51)70/h2-39,65,71-72H,40-42H2,1H3. The minimum Gasteiger partial charge on any atom is -0.506 e. The predicted molar refractivity (Wildman–Crippen MR) is 299 cm³/mol. The molecule has 0 amide bonds. The number of hydrogen-bond donors (Lipinski definition) is 3. The molecular formula is C64H50N6O2. The first-order valence-corrected chi connectivity index (χ1v) is 24.5. The molecule has 3 N–H and O–H groups in total. The van der Waals surface area contributed by atoms with Crippen LogP contribution in [0.3, 0.4) is 0 Å². The first kappa shape index (κ1) is 42.7. The summed E-state index contributed by atoms with van der Waals surface area (Å²) in [4.78, 5) is 6.87. The highest BCUT2D eigenvalue weighted by atomic mass is 16.3. The number of fused-ring (bicyclic) bond motifs is 7. The molecule has 12 aromatic rings. The summed E-state index contributed by atoms with van der Waals surface area (Å²) in [5, 5.41) is 31.8. The summed E-state index contributed by atoms with van der Waals surface area (Å²) in [6.45, 7) is 3.54. The summed E-state index contributed by atoms with van der Waals surface area (Å²) in [5.41, 5.74) is 16.4. The van der Waals surface area contributed by atoms with Crippen molar-refractivity contribution in [3.05, 3.63) is 236 Å². The zero-order valence-electron chi connectivity index (χ0n) is 39.7. The highest BCUT2D eigenvalue weighted by Crippen LogP contribution is 2.46. The van der Waals surface area contributed by atoms with Gasteiger partial charge in [0.25, 0.3) is 0 Å². The van der Waals surface area contributed by atoms with E-state index >= 15 is 0 Å². The maximum absolute atomic E-state index is 11.8. The van der Waals surface area contributed by atoms with Gasteiger partial charge >= 0.3 is 0 Å². The van der Waals surface area contributed by atoms with Gasteiger partial charge in [-0.2, -0.15) is 0 Å². The van der Waals surface area contributed by atoms with E-state index in [4.69, 9.17) is 0 Å². The summed E-state index contributed by atoms with van der Waals surface area (Å²) in [5.74, 6) is 0.378. The van der Waals surface area contributed by atoms with Crippen molar-refractivity contribution in [3.63, 3.8) is 0 Å². The molecule has 13 rings (SSSR count). The third kappa shape index (κ3) is 7.14. The van der Waals surface area contributed by atoms with Crippen molar-refractivity contribution in [2.45, 2.75) is 6.92 Å². The Morgan fingerprint density at radius 3 is 1.43 bits per heavy atom.